The van der Waals surface area contributed by atoms with Crippen LogP contribution in [-0.2, 0) is 20.9 Å². The average Bonchev–Trinajstić information content (AvgIpc) is 2.43. The van der Waals surface area contributed by atoms with E-state index in [0.29, 0.717) is 6.54 Å². The molecule has 1 rings (SSSR count). The van der Waals surface area contributed by atoms with E-state index in [9.17, 15) is 9.59 Å². The van der Waals surface area contributed by atoms with E-state index >= 15 is 0 Å². The summed E-state index contributed by atoms with van der Waals surface area (Å²) in [6.07, 6.45) is 0. The van der Waals surface area contributed by atoms with E-state index in [4.69, 9.17) is 5.73 Å². The fourth-order valence-corrected chi connectivity index (χ4v) is 1.75. The van der Waals surface area contributed by atoms with Crippen LogP contribution in [0.1, 0.15) is 19.4 Å². The van der Waals surface area contributed by atoms with Crippen LogP contribution in [0.4, 0.5) is 0 Å². The van der Waals surface area contributed by atoms with Gasteiger partial charge >= 0.3 is 5.97 Å². The van der Waals surface area contributed by atoms with Crippen LogP contribution in [0.2, 0.25) is 0 Å². The lowest BCUT2D eigenvalue weighted by Gasteiger charge is -2.29. The minimum atomic E-state index is -0.663. The van der Waals surface area contributed by atoms with E-state index in [1.54, 1.807) is 13.8 Å². The molecule has 0 aromatic heterocycles. The van der Waals surface area contributed by atoms with E-state index in [1.165, 1.54) is 12.0 Å². The molecular formula is C14H20N2O3. The number of nitrogens with zero attached hydrogens (tertiary/aromatic N) is 1. The van der Waals surface area contributed by atoms with Crippen LogP contribution in [0, 0.1) is 0 Å². The summed E-state index contributed by atoms with van der Waals surface area (Å²) in [4.78, 5) is 25.2. The van der Waals surface area contributed by atoms with Gasteiger partial charge in [0.25, 0.3) is 0 Å². The third kappa shape index (κ3) is 4.06. The summed E-state index contributed by atoms with van der Waals surface area (Å²) in [7, 11) is 1.30. The minimum Gasteiger partial charge on any atom is -0.467 e. The standard InChI is InChI=1S/C14H20N2O3/c1-10(15)13(17)16(11(2)14(18)19-3)9-12-7-5-4-6-8-12/h4-8,10-11H,9,15H2,1-3H3/t10-,11+/m1/s1. The first-order valence-electron chi connectivity index (χ1n) is 6.15. The molecule has 5 heteroatoms. The average molecular weight is 264 g/mol. The van der Waals surface area contributed by atoms with Crippen LogP contribution in [-0.4, -0.2) is 36.0 Å². The molecule has 19 heavy (non-hydrogen) atoms. The molecule has 0 spiro atoms. The van der Waals surface area contributed by atoms with Gasteiger partial charge in [-0.25, -0.2) is 4.79 Å². The van der Waals surface area contributed by atoms with Crippen molar-refractivity contribution < 1.29 is 14.3 Å². The molecule has 1 aromatic carbocycles. The van der Waals surface area contributed by atoms with Crippen molar-refractivity contribution in [3.05, 3.63) is 35.9 Å². The largest absolute Gasteiger partial charge is 0.467 e. The van der Waals surface area contributed by atoms with Crippen LogP contribution in [0.3, 0.4) is 0 Å². The van der Waals surface area contributed by atoms with Gasteiger partial charge in [0.1, 0.15) is 6.04 Å². The SMILES string of the molecule is COC(=O)[C@H](C)N(Cc1ccccc1)C(=O)[C@@H](C)N. The summed E-state index contributed by atoms with van der Waals surface area (Å²) in [6.45, 7) is 3.57. The highest BCUT2D eigenvalue weighted by Crippen LogP contribution is 2.11. The molecule has 0 aliphatic rings. The van der Waals surface area contributed by atoms with Crippen molar-refractivity contribution in [1.29, 1.82) is 0 Å². The topological polar surface area (TPSA) is 72.6 Å². The minimum absolute atomic E-state index is 0.276. The number of rotatable bonds is 5. The van der Waals surface area contributed by atoms with Crippen LogP contribution in [0.25, 0.3) is 0 Å². The lowest BCUT2D eigenvalue weighted by Crippen LogP contribution is -2.49. The van der Waals surface area contributed by atoms with E-state index in [2.05, 4.69) is 4.74 Å². The number of benzene rings is 1. The molecule has 5 nitrogen and oxygen atoms in total. The number of hydrogen-bond donors (Lipinski definition) is 1. The zero-order valence-electron chi connectivity index (χ0n) is 11.5. The summed E-state index contributed by atoms with van der Waals surface area (Å²) >= 11 is 0. The molecule has 0 aliphatic carbocycles. The van der Waals surface area contributed by atoms with Crippen molar-refractivity contribution >= 4 is 11.9 Å². The zero-order chi connectivity index (χ0) is 14.4. The number of nitrogens with two attached hydrogens (primary N) is 1. The number of amides is 1. The van der Waals surface area contributed by atoms with Gasteiger partial charge in [0.2, 0.25) is 5.91 Å². The van der Waals surface area contributed by atoms with Gasteiger partial charge in [-0.05, 0) is 19.4 Å². The highest BCUT2D eigenvalue weighted by Gasteiger charge is 2.28. The summed E-state index contributed by atoms with van der Waals surface area (Å²) in [5.41, 5.74) is 6.56. The van der Waals surface area contributed by atoms with Crippen molar-refractivity contribution in [2.45, 2.75) is 32.5 Å². The Morgan fingerprint density at radius 2 is 1.84 bits per heavy atom. The highest BCUT2D eigenvalue weighted by molar-refractivity contribution is 5.87. The van der Waals surface area contributed by atoms with Gasteiger partial charge in [-0.1, -0.05) is 30.3 Å². The van der Waals surface area contributed by atoms with Crippen molar-refractivity contribution in [3.8, 4) is 0 Å². The Morgan fingerprint density at radius 3 is 2.32 bits per heavy atom. The fraction of sp³-hybridized carbons (Fsp3) is 0.429. The monoisotopic (exact) mass is 264 g/mol. The number of carbonyl (C=O) groups excluding carboxylic acids is 2. The Balaban J connectivity index is 2.93. The molecule has 0 saturated carbocycles. The third-order valence-corrected chi connectivity index (χ3v) is 2.88. The van der Waals surface area contributed by atoms with Crippen molar-refractivity contribution in [1.82, 2.24) is 4.90 Å². The Hall–Kier alpha value is -1.88. The first-order chi connectivity index (χ1) is 8.97. The van der Waals surface area contributed by atoms with Gasteiger partial charge in [0.05, 0.1) is 13.2 Å². The third-order valence-electron chi connectivity index (χ3n) is 2.88. The predicted molar refractivity (Wildman–Crippen MR) is 72.1 cm³/mol. The van der Waals surface area contributed by atoms with Gasteiger partial charge < -0.3 is 15.4 Å². The molecule has 0 radical (unpaired) electrons. The number of carbonyl (C=O) groups is 2. The number of hydrogen-bond acceptors (Lipinski definition) is 4. The summed E-state index contributed by atoms with van der Waals surface area (Å²) in [5.74, 6) is -0.730. The molecule has 1 aromatic rings. The summed E-state index contributed by atoms with van der Waals surface area (Å²) < 4.78 is 4.69. The van der Waals surface area contributed by atoms with Crippen molar-refractivity contribution in [2.75, 3.05) is 7.11 Å². The smallest absolute Gasteiger partial charge is 0.328 e. The maximum Gasteiger partial charge on any atom is 0.328 e. The van der Waals surface area contributed by atoms with Crippen LogP contribution >= 0.6 is 0 Å². The van der Waals surface area contributed by atoms with Crippen LogP contribution in [0.5, 0.6) is 0 Å². The fourth-order valence-electron chi connectivity index (χ4n) is 1.75. The number of methoxy groups -OCH3 is 1. The summed E-state index contributed by atoms with van der Waals surface area (Å²) in [5, 5.41) is 0. The van der Waals surface area contributed by atoms with Crippen molar-refractivity contribution in [2.24, 2.45) is 5.73 Å². The van der Waals surface area contributed by atoms with Gasteiger partial charge in [-0.15, -0.1) is 0 Å². The molecule has 0 saturated heterocycles. The molecule has 0 fully saturated rings. The van der Waals surface area contributed by atoms with Gasteiger partial charge in [-0.3, -0.25) is 4.79 Å². The predicted octanol–water partition coefficient (Wildman–Crippen LogP) is 0.924. The van der Waals surface area contributed by atoms with Gasteiger partial charge in [0, 0.05) is 6.54 Å². The number of esters is 1. The Labute approximate surface area is 113 Å². The molecular weight excluding hydrogens is 244 g/mol. The second-order valence-corrected chi connectivity index (χ2v) is 4.44. The first-order valence-corrected chi connectivity index (χ1v) is 6.15. The van der Waals surface area contributed by atoms with E-state index in [1.807, 2.05) is 30.3 Å². The normalized spacial score (nSPS) is 13.5. The number of ether oxygens (including phenoxy) is 1. The van der Waals surface area contributed by atoms with E-state index in [-0.39, 0.29) is 5.91 Å². The molecule has 1 amide bonds. The summed E-state index contributed by atoms with van der Waals surface area (Å²) in [6, 6.07) is 8.13. The molecule has 0 heterocycles. The second-order valence-electron chi connectivity index (χ2n) is 4.44. The highest BCUT2D eigenvalue weighted by atomic mass is 16.5. The molecule has 2 N–H and O–H groups in total. The van der Waals surface area contributed by atoms with E-state index in [0.717, 1.165) is 5.56 Å². The Kier molecular flexibility index (Phi) is 5.51. The lowest BCUT2D eigenvalue weighted by molar-refractivity contribution is -0.152. The van der Waals surface area contributed by atoms with Gasteiger partial charge in [-0.2, -0.15) is 0 Å². The lowest BCUT2D eigenvalue weighted by atomic mass is 10.1. The van der Waals surface area contributed by atoms with Gasteiger partial charge in [0.15, 0.2) is 0 Å². The van der Waals surface area contributed by atoms with Crippen LogP contribution in [0.15, 0.2) is 30.3 Å². The van der Waals surface area contributed by atoms with Crippen molar-refractivity contribution in [3.63, 3.8) is 0 Å². The second kappa shape index (κ2) is 6.89. The first kappa shape index (κ1) is 15.2. The Morgan fingerprint density at radius 1 is 1.26 bits per heavy atom. The molecule has 0 unspecified atom stereocenters. The maximum absolute atomic E-state index is 12.1. The quantitative estimate of drug-likeness (QED) is 0.803. The molecule has 0 aliphatic heterocycles. The molecule has 2 atom stereocenters. The molecule has 0 bridgehead atoms. The molecule has 104 valence electrons. The zero-order valence-corrected chi connectivity index (χ0v) is 11.5. The maximum atomic E-state index is 12.1. The Bertz CT molecular complexity index is 432. The van der Waals surface area contributed by atoms with E-state index < -0.39 is 18.1 Å². The van der Waals surface area contributed by atoms with Crippen LogP contribution < -0.4 is 5.73 Å².